The molecule has 0 saturated carbocycles. The summed E-state index contributed by atoms with van der Waals surface area (Å²) in [6.45, 7) is 0. The smallest absolute Gasteiger partial charge is 0.406 e. The van der Waals surface area contributed by atoms with Gasteiger partial charge >= 0.3 is 6.36 Å². The Morgan fingerprint density at radius 2 is 1.80 bits per heavy atom. The van der Waals surface area contributed by atoms with Crippen molar-refractivity contribution in [2.75, 3.05) is 17.7 Å². The second-order valence-electron chi connectivity index (χ2n) is 4.77. The molecule has 0 heterocycles. The van der Waals surface area contributed by atoms with Crippen molar-refractivity contribution in [2.45, 2.75) is 6.36 Å². The SMILES string of the molecule is CNc1ccc(C(=O)Nc2ccc(OC(F)(F)F)cc2)cc1[N+](=O)[O-]. The van der Waals surface area contributed by atoms with Crippen molar-refractivity contribution < 1.29 is 27.6 Å². The first-order valence-electron chi connectivity index (χ1n) is 6.83. The average molecular weight is 355 g/mol. The van der Waals surface area contributed by atoms with Gasteiger partial charge in [-0.3, -0.25) is 14.9 Å². The summed E-state index contributed by atoms with van der Waals surface area (Å²) in [4.78, 5) is 22.5. The minimum absolute atomic E-state index is 0.0290. The van der Waals surface area contributed by atoms with E-state index in [0.717, 1.165) is 18.2 Å². The molecule has 10 heteroatoms. The van der Waals surface area contributed by atoms with Crippen molar-refractivity contribution in [3.05, 3.63) is 58.1 Å². The molecule has 7 nitrogen and oxygen atoms in total. The van der Waals surface area contributed by atoms with Crippen LogP contribution in [0.15, 0.2) is 42.5 Å². The second-order valence-corrected chi connectivity index (χ2v) is 4.77. The third kappa shape index (κ3) is 4.83. The number of carbonyl (C=O) groups is 1. The van der Waals surface area contributed by atoms with Gasteiger partial charge in [-0.25, -0.2) is 0 Å². The number of rotatable bonds is 5. The van der Waals surface area contributed by atoms with Crippen molar-refractivity contribution in [1.82, 2.24) is 0 Å². The molecule has 0 atom stereocenters. The van der Waals surface area contributed by atoms with Crippen LogP contribution in [0, 0.1) is 10.1 Å². The summed E-state index contributed by atoms with van der Waals surface area (Å²) in [7, 11) is 1.51. The van der Waals surface area contributed by atoms with Crippen LogP contribution in [0.1, 0.15) is 10.4 Å². The molecule has 2 N–H and O–H groups in total. The molecule has 0 aliphatic heterocycles. The molecule has 132 valence electrons. The number of halogens is 3. The molecule has 1 amide bonds. The largest absolute Gasteiger partial charge is 0.573 e. The van der Waals surface area contributed by atoms with Crippen molar-refractivity contribution in [3.63, 3.8) is 0 Å². The highest BCUT2D eigenvalue weighted by atomic mass is 19.4. The summed E-state index contributed by atoms with van der Waals surface area (Å²) in [6, 6.07) is 8.38. The maximum absolute atomic E-state index is 12.1. The van der Waals surface area contributed by atoms with E-state index in [1.165, 1.54) is 31.3 Å². The number of hydrogen-bond acceptors (Lipinski definition) is 5. The first-order valence-corrected chi connectivity index (χ1v) is 6.83. The molecule has 0 spiro atoms. The molecule has 0 aromatic heterocycles. The third-order valence-corrected chi connectivity index (χ3v) is 3.07. The normalized spacial score (nSPS) is 10.9. The number of amides is 1. The minimum Gasteiger partial charge on any atom is -0.406 e. The van der Waals surface area contributed by atoms with Gasteiger partial charge in [0.25, 0.3) is 11.6 Å². The van der Waals surface area contributed by atoms with E-state index in [-0.39, 0.29) is 22.6 Å². The molecule has 0 unspecified atom stereocenters. The number of nitrogens with zero attached hydrogens (tertiary/aromatic N) is 1. The first-order chi connectivity index (χ1) is 11.7. The molecule has 25 heavy (non-hydrogen) atoms. The average Bonchev–Trinajstić information content (AvgIpc) is 2.54. The number of hydrogen-bond donors (Lipinski definition) is 2. The van der Waals surface area contributed by atoms with Crippen molar-refractivity contribution in [3.8, 4) is 5.75 Å². The fourth-order valence-corrected chi connectivity index (χ4v) is 1.98. The Balaban J connectivity index is 2.14. The predicted molar refractivity (Wildman–Crippen MR) is 83.7 cm³/mol. The van der Waals surface area contributed by atoms with E-state index in [1.807, 2.05) is 0 Å². The van der Waals surface area contributed by atoms with Crippen LogP contribution in [0.3, 0.4) is 0 Å². The van der Waals surface area contributed by atoms with Crippen LogP contribution in [0.2, 0.25) is 0 Å². The van der Waals surface area contributed by atoms with E-state index in [1.54, 1.807) is 0 Å². The molecular weight excluding hydrogens is 343 g/mol. The van der Waals surface area contributed by atoms with Gasteiger partial charge < -0.3 is 15.4 Å². The summed E-state index contributed by atoms with van der Waals surface area (Å²) in [5, 5.41) is 16.1. The zero-order valence-electron chi connectivity index (χ0n) is 12.8. The monoisotopic (exact) mass is 355 g/mol. The number of nitro benzene ring substituents is 1. The Morgan fingerprint density at radius 1 is 1.16 bits per heavy atom. The zero-order valence-corrected chi connectivity index (χ0v) is 12.8. The summed E-state index contributed by atoms with van der Waals surface area (Å²) in [6.07, 6.45) is -4.81. The van der Waals surface area contributed by atoms with Gasteiger partial charge in [0.1, 0.15) is 11.4 Å². The Kier molecular flexibility index (Phi) is 5.11. The quantitative estimate of drug-likeness (QED) is 0.629. The molecular formula is C15H12F3N3O4. The molecule has 0 bridgehead atoms. The highest BCUT2D eigenvalue weighted by molar-refractivity contribution is 6.05. The highest BCUT2D eigenvalue weighted by Gasteiger charge is 2.31. The Morgan fingerprint density at radius 3 is 2.32 bits per heavy atom. The van der Waals surface area contributed by atoms with E-state index in [0.29, 0.717) is 0 Å². The van der Waals surface area contributed by atoms with Crippen LogP contribution in [-0.4, -0.2) is 24.2 Å². The molecule has 0 saturated heterocycles. The first kappa shape index (κ1) is 18.0. The Bertz CT molecular complexity index is 792. The molecule has 0 aliphatic rings. The zero-order chi connectivity index (χ0) is 18.6. The van der Waals surface area contributed by atoms with Crippen LogP contribution in [-0.2, 0) is 0 Å². The fourth-order valence-electron chi connectivity index (χ4n) is 1.98. The van der Waals surface area contributed by atoms with E-state index in [4.69, 9.17) is 0 Å². The number of nitrogens with one attached hydrogen (secondary N) is 2. The van der Waals surface area contributed by atoms with Crippen LogP contribution < -0.4 is 15.4 Å². The number of anilines is 2. The molecule has 2 rings (SSSR count). The van der Waals surface area contributed by atoms with Crippen molar-refractivity contribution >= 4 is 23.0 Å². The van der Waals surface area contributed by atoms with E-state index >= 15 is 0 Å². The van der Waals surface area contributed by atoms with Crippen LogP contribution in [0.25, 0.3) is 0 Å². The van der Waals surface area contributed by atoms with Gasteiger partial charge in [0.05, 0.1) is 4.92 Å². The lowest BCUT2D eigenvalue weighted by Crippen LogP contribution is -2.17. The van der Waals surface area contributed by atoms with Gasteiger partial charge in [0.2, 0.25) is 0 Å². The topological polar surface area (TPSA) is 93.5 Å². The number of nitro groups is 1. The molecule has 0 fully saturated rings. The maximum atomic E-state index is 12.1. The summed E-state index contributed by atoms with van der Waals surface area (Å²) in [5.41, 5.74) is 0.209. The third-order valence-electron chi connectivity index (χ3n) is 3.07. The second kappa shape index (κ2) is 7.07. The lowest BCUT2D eigenvalue weighted by atomic mass is 10.1. The lowest BCUT2D eigenvalue weighted by molar-refractivity contribution is -0.384. The summed E-state index contributed by atoms with van der Waals surface area (Å²) in [5.74, 6) is -1.07. The van der Waals surface area contributed by atoms with Gasteiger partial charge in [0, 0.05) is 24.4 Å². The van der Waals surface area contributed by atoms with Gasteiger partial charge in [-0.2, -0.15) is 0 Å². The van der Waals surface area contributed by atoms with Gasteiger partial charge in [-0.15, -0.1) is 13.2 Å². The van der Waals surface area contributed by atoms with Gasteiger partial charge in [0.15, 0.2) is 0 Å². The standard InChI is InChI=1S/C15H12F3N3O4/c1-19-12-7-2-9(8-13(12)21(23)24)14(22)20-10-3-5-11(6-4-10)25-15(16,17)18/h2-8,19H,1H3,(H,20,22). The maximum Gasteiger partial charge on any atom is 0.573 e. The molecule has 0 aliphatic carbocycles. The predicted octanol–water partition coefficient (Wildman–Crippen LogP) is 3.79. The Hall–Kier alpha value is -3.30. The Labute approximate surface area is 139 Å². The summed E-state index contributed by atoms with van der Waals surface area (Å²) >= 11 is 0. The highest BCUT2D eigenvalue weighted by Crippen LogP contribution is 2.26. The number of carbonyl (C=O) groups excluding carboxylic acids is 1. The van der Waals surface area contributed by atoms with Crippen molar-refractivity contribution in [1.29, 1.82) is 0 Å². The molecule has 0 radical (unpaired) electrons. The number of benzene rings is 2. The van der Waals surface area contributed by atoms with Crippen LogP contribution >= 0.6 is 0 Å². The fraction of sp³-hybridized carbons (Fsp3) is 0.133. The summed E-state index contributed by atoms with van der Waals surface area (Å²) < 4.78 is 40.0. The lowest BCUT2D eigenvalue weighted by Gasteiger charge is -2.10. The van der Waals surface area contributed by atoms with Crippen LogP contribution in [0.5, 0.6) is 5.75 Å². The van der Waals surface area contributed by atoms with E-state index in [9.17, 15) is 28.1 Å². The van der Waals surface area contributed by atoms with Gasteiger partial charge in [-0.05, 0) is 36.4 Å². The molecule has 2 aromatic carbocycles. The van der Waals surface area contributed by atoms with E-state index < -0.39 is 22.9 Å². The van der Waals surface area contributed by atoms with Crippen molar-refractivity contribution in [2.24, 2.45) is 0 Å². The molecule has 2 aromatic rings. The minimum atomic E-state index is -4.81. The van der Waals surface area contributed by atoms with Crippen LogP contribution in [0.4, 0.5) is 30.2 Å². The van der Waals surface area contributed by atoms with E-state index in [2.05, 4.69) is 15.4 Å². The number of ether oxygens (including phenoxy) is 1. The number of alkyl halides is 3. The van der Waals surface area contributed by atoms with Gasteiger partial charge in [-0.1, -0.05) is 0 Å².